The Labute approximate surface area is 156 Å². The molecule has 1 N–H and O–H groups in total. The van der Waals surface area contributed by atoms with E-state index < -0.39 is 0 Å². The molecule has 3 rings (SSSR count). The van der Waals surface area contributed by atoms with Gasteiger partial charge in [0.2, 0.25) is 0 Å². The number of rotatable bonds is 7. The van der Waals surface area contributed by atoms with Crippen molar-refractivity contribution in [2.24, 2.45) is 7.05 Å². The zero-order chi connectivity index (χ0) is 18.5. The molecular formula is C19H20ClN3O3. The van der Waals surface area contributed by atoms with Gasteiger partial charge in [-0.15, -0.1) is 0 Å². The van der Waals surface area contributed by atoms with Crippen molar-refractivity contribution >= 4 is 28.5 Å². The minimum absolute atomic E-state index is 0.0799. The number of carbonyl (C=O) groups excluding carboxylic acids is 1. The lowest BCUT2D eigenvalue weighted by atomic mass is 10.3. The molecule has 0 saturated heterocycles. The van der Waals surface area contributed by atoms with Crippen molar-refractivity contribution in [3.05, 3.63) is 53.3 Å². The highest BCUT2D eigenvalue weighted by molar-refractivity contribution is 6.32. The predicted octanol–water partition coefficient (Wildman–Crippen LogP) is 2.97. The van der Waals surface area contributed by atoms with Gasteiger partial charge in [-0.05, 0) is 24.3 Å². The number of aromatic nitrogens is 2. The Morgan fingerprint density at radius 3 is 2.85 bits per heavy atom. The van der Waals surface area contributed by atoms with Crippen LogP contribution < -0.4 is 14.8 Å². The van der Waals surface area contributed by atoms with Crippen LogP contribution in [-0.4, -0.2) is 35.7 Å². The van der Waals surface area contributed by atoms with E-state index in [4.69, 9.17) is 21.1 Å². The summed E-state index contributed by atoms with van der Waals surface area (Å²) in [4.78, 5) is 16.5. The monoisotopic (exact) mass is 373 g/mol. The first kappa shape index (κ1) is 18.1. The third-order valence-electron chi connectivity index (χ3n) is 4.05. The van der Waals surface area contributed by atoms with Gasteiger partial charge in [0.05, 0.1) is 23.2 Å². The Morgan fingerprint density at radius 1 is 1.27 bits per heavy atom. The number of aryl methyl sites for hydroxylation is 1. The number of ether oxygens (including phenoxy) is 2. The van der Waals surface area contributed by atoms with Crippen molar-refractivity contribution in [2.75, 3.05) is 20.3 Å². The highest BCUT2D eigenvalue weighted by Crippen LogP contribution is 2.23. The number of hydrogen-bond acceptors (Lipinski definition) is 4. The number of nitrogens with zero attached hydrogens (tertiary/aromatic N) is 2. The molecule has 0 fully saturated rings. The first-order chi connectivity index (χ1) is 12.6. The molecule has 6 nitrogen and oxygen atoms in total. The number of para-hydroxylation sites is 1. The van der Waals surface area contributed by atoms with Crippen LogP contribution in [0.15, 0.2) is 42.5 Å². The minimum atomic E-state index is -0.203. The van der Waals surface area contributed by atoms with Gasteiger partial charge < -0.3 is 19.4 Å². The Hall–Kier alpha value is -2.73. The van der Waals surface area contributed by atoms with Crippen molar-refractivity contribution in [2.45, 2.75) is 6.42 Å². The van der Waals surface area contributed by atoms with E-state index in [9.17, 15) is 4.79 Å². The molecule has 0 saturated carbocycles. The van der Waals surface area contributed by atoms with Crippen LogP contribution in [0.5, 0.6) is 11.5 Å². The van der Waals surface area contributed by atoms with Crippen molar-refractivity contribution in [3.63, 3.8) is 0 Å². The quantitative estimate of drug-likeness (QED) is 0.691. The summed E-state index contributed by atoms with van der Waals surface area (Å²) in [5, 5.41) is 3.31. The number of hydrogen-bond donors (Lipinski definition) is 1. The summed E-state index contributed by atoms with van der Waals surface area (Å²) in [6.07, 6.45) is 0.616. The van der Waals surface area contributed by atoms with E-state index in [1.165, 1.54) is 0 Å². The molecule has 0 spiro atoms. The zero-order valence-electron chi connectivity index (χ0n) is 14.7. The molecule has 26 heavy (non-hydrogen) atoms. The number of carbonyl (C=O) groups is 1. The number of halogens is 1. The van der Waals surface area contributed by atoms with Crippen LogP contribution in [0, 0.1) is 0 Å². The zero-order valence-corrected chi connectivity index (χ0v) is 15.4. The Kier molecular flexibility index (Phi) is 5.63. The molecular weight excluding hydrogens is 354 g/mol. The van der Waals surface area contributed by atoms with Gasteiger partial charge in [-0.1, -0.05) is 23.7 Å². The molecule has 0 radical (unpaired) electrons. The van der Waals surface area contributed by atoms with Crippen LogP contribution in [-0.2, 0) is 18.3 Å². The molecule has 0 unspecified atom stereocenters. The summed E-state index contributed by atoms with van der Waals surface area (Å²) in [6.45, 7) is 0.391. The normalized spacial score (nSPS) is 10.7. The van der Waals surface area contributed by atoms with E-state index >= 15 is 0 Å². The van der Waals surface area contributed by atoms with Crippen LogP contribution in [0.2, 0.25) is 5.02 Å². The molecule has 3 aromatic rings. The van der Waals surface area contributed by atoms with E-state index in [0.29, 0.717) is 23.7 Å². The number of imidazole rings is 1. The molecule has 7 heteroatoms. The van der Waals surface area contributed by atoms with Crippen LogP contribution in [0.4, 0.5) is 0 Å². The summed E-state index contributed by atoms with van der Waals surface area (Å²) in [7, 11) is 3.59. The average Bonchev–Trinajstić information content (AvgIpc) is 2.96. The van der Waals surface area contributed by atoms with Gasteiger partial charge in [0.25, 0.3) is 5.91 Å². The lowest BCUT2D eigenvalue weighted by Crippen LogP contribution is -2.31. The summed E-state index contributed by atoms with van der Waals surface area (Å²) >= 11 is 5.99. The van der Waals surface area contributed by atoms with Crippen LogP contribution in [0.1, 0.15) is 5.82 Å². The van der Waals surface area contributed by atoms with Crippen LogP contribution >= 0.6 is 11.6 Å². The maximum absolute atomic E-state index is 11.9. The number of fused-ring (bicyclic) bond motifs is 1. The fraction of sp³-hybridized carbons (Fsp3) is 0.263. The highest BCUT2D eigenvalue weighted by atomic mass is 35.5. The maximum Gasteiger partial charge on any atom is 0.257 e. The molecule has 0 aliphatic carbocycles. The summed E-state index contributed by atoms with van der Waals surface area (Å²) in [6, 6.07) is 12.8. The number of methoxy groups -OCH3 is 1. The van der Waals surface area contributed by atoms with E-state index in [2.05, 4.69) is 10.3 Å². The summed E-state index contributed by atoms with van der Waals surface area (Å²) in [5.41, 5.74) is 1.89. The molecule has 1 amide bonds. The van der Waals surface area contributed by atoms with E-state index in [1.54, 1.807) is 25.3 Å². The second-order valence-corrected chi connectivity index (χ2v) is 6.17. The SMILES string of the molecule is COc1ccc2c(c1)nc(CCNC(=O)COc1ccccc1Cl)n2C. The van der Waals surface area contributed by atoms with Crippen molar-refractivity contribution in [1.29, 1.82) is 0 Å². The lowest BCUT2D eigenvalue weighted by molar-refractivity contribution is -0.123. The third kappa shape index (κ3) is 4.08. The molecule has 0 bridgehead atoms. The molecule has 2 aromatic carbocycles. The van der Waals surface area contributed by atoms with E-state index in [0.717, 1.165) is 22.6 Å². The fourth-order valence-electron chi connectivity index (χ4n) is 2.65. The first-order valence-corrected chi connectivity index (χ1v) is 8.59. The minimum Gasteiger partial charge on any atom is -0.497 e. The van der Waals surface area contributed by atoms with Crippen molar-refractivity contribution < 1.29 is 14.3 Å². The largest absolute Gasteiger partial charge is 0.497 e. The molecule has 1 heterocycles. The summed E-state index contributed by atoms with van der Waals surface area (Å²) in [5.74, 6) is 1.95. The van der Waals surface area contributed by atoms with Gasteiger partial charge in [0.1, 0.15) is 17.3 Å². The Bertz CT molecular complexity index is 924. The Morgan fingerprint density at radius 2 is 2.08 bits per heavy atom. The molecule has 0 aliphatic heterocycles. The standard InChI is InChI=1S/C19H20ClN3O3/c1-23-16-8-7-13(25-2)11-15(16)22-18(23)9-10-21-19(24)12-26-17-6-4-3-5-14(17)20/h3-8,11H,9-10,12H2,1-2H3,(H,21,24). The predicted molar refractivity (Wildman–Crippen MR) is 101 cm³/mol. The van der Waals surface area contributed by atoms with Crippen LogP contribution in [0.3, 0.4) is 0 Å². The third-order valence-corrected chi connectivity index (χ3v) is 4.36. The average molecular weight is 374 g/mol. The van der Waals surface area contributed by atoms with Gasteiger partial charge in [0, 0.05) is 26.1 Å². The van der Waals surface area contributed by atoms with E-state index in [-0.39, 0.29) is 12.5 Å². The molecule has 0 atom stereocenters. The first-order valence-electron chi connectivity index (χ1n) is 8.22. The second kappa shape index (κ2) is 8.10. The maximum atomic E-state index is 11.9. The topological polar surface area (TPSA) is 65.4 Å². The highest BCUT2D eigenvalue weighted by Gasteiger charge is 2.10. The fourth-order valence-corrected chi connectivity index (χ4v) is 2.84. The van der Waals surface area contributed by atoms with E-state index in [1.807, 2.05) is 35.9 Å². The van der Waals surface area contributed by atoms with Gasteiger partial charge in [-0.25, -0.2) is 4.98 Å². The van der Waals surface area contributed by atoms with Crippen molar-refractivity contribution in [3.8, 4) is 11.5 Å². The molecule has 136 valence electrons. The smallest absolute Gasteiger partial charge is 0.257 e. The van der Waals surface area contributed by atoms with Crippen LogP contribution in [0.25, 0.3) is 11.0 Å². The molecule has 1 aromatic heterocycles. The number of nitrogens with one attached hydrogen (secondary N) is 1. The summed E-state index contributed by atoms with van der Waals surface area (Å²) < 4.78 is 12.7. The molecule has 0 aliphatic rings. The number of benzene rings is 2. The number of amides is 1. The van der Waals surface area contributed by atoms with Gasteiger partial charge in [-0.2, -0.15) is 0 Å². The lowest BCUT2D eigenvalue weighted by Gasteiger charge is -2.08. The van der Waals surface area contributed by atoms with Gasteiger partial charge in [-0.3, -0.25) is 4.79 Å². The van der Waals surface area contributed by atoms with Gasteiger partial charge in [0.15, 0.2) is 6.61 Å². The Balaban J connectivity index is 1.53. The van der Waals surface area contributed by atoms with Crippen molar-refractivity contribution in [1.82, 2.24) is 14.9 Å². The second-order valence-electron chi connectivity index (χ2n) is 5.76. The van der Waals surface area contributed by atoms with Gasteiger partial charge >= 0.3 is 0 Å².